The van der Waals surface area contributed by atoms with Gasteiger partial charge in [-0.25, -0.2) is 0 Å². The van der Waals surface area contributed by atoms with E-state index in [9.17, 15) is 9.59 Å². The lowest BCUT2D eigenvalue weighted by atomic mass is 9.65. The maximum Gasteiger partial charge on any atom is 0.255 e. The van der Waals surface area contributed by atoms with Crippen molar-refractivity contribution in [3.8, 4) is 0 Å². The number of unbranched alkanes of at least 4 members (excludes halogenated alkanes) is 1. The molecule has 2 amide bonds. The van der Waals surface area contributed by atoms with Gasteiger partial charge >= 0.3 is 0 Å². The van der Waals surface area contributed by atoms with Crippen molar-refractivity contribution in [2.45, 2.75) is 95.1 Å². The third kappa shape index (κ3) is 2.94. The maximum atomic E-state index is 13.1. The molecule has 0 unspecified atom stereocenters. The van der Waals surface area contributed by atoms with Gasteiger partial charge in [-0.3, -0.25) is 19.9 Å². The summed E-state index contributed by atoms with van der Waals surface area (Å²) in [5.41, 5.74) is -0.697. The Kier molecular flexibility index (Phi) is 5.17. The zero-order chi connectivity index (χ0) is 19.9. The molecule has 6 heteroatoms. The van der Waals surface area contributed by atoms with Crippen LogP contribution in [0, 0.1) is 11.3 Å². The third-order valence-corrected chi connectivity index (χ3v) is 7.88. The lowest BCUT2D eigenvalue weighted by Crippen LogP contribution is -2.75. The Labute approximate surface area is 169 Å². The summed E-state index contributed by atoms with van der Waals surface area (Å²) in [5, 5.41) is 8.62. The molecule has 1 saturated carbocycles. The highest BCUT2D eigenvalue weighted by Gasteiger charge is 2.72. The molecular weight excluding hydrogens is 352 g/mol. The van der Waals surface area contributed by atoms with Crippen LogP contribution in [0.1, 0.15) is 84.0 Å². The lowest BCUT2D eigenvalue weighted by Gasteiger charge is -2.60. The summed E-state index contributed by atoms with van der Waals surface area (Å²) >= 11 is 0. The van der Waals surface area contributed by atoms with Crippen molar-refractivity contribution in [2.24, 2.45) is 5.92 Å². The molecule has 0 radical (unpaired) electrons. The summed E-state index contributed by atoms with van der Waals surface area (Å²) in [6.07, 6.45) is 12.8. The number of nitrogens with zero attached hydrogens (tertiary/aromatic N) is 3. The van der Waals surface area contributed by atoms with Crippen LogP contribution in [0.3, 0.4) is 0 Å². The molecule has 2 atom stereocenters. The summed E-state index contributed by atoms with van der Waals surface area (Å²) in [7, 11) is 1.75. The van der Waals surface area contributed by atoms with Crippen LogP contribution in [0.2, 0.25) is 0 Å². The average Bonchev–Trinajstić information content (AvgIpc) is 3.20. The highest BCUT2D eigenvalue weighted by molar-refractivity contribution is 6.09. The minimum absolute atomic E-state index is 0.106. The predicted molar refractivity (Wildman–Crippen MR) is 109 cm³/mol. The molecule has 3 saturated heterocycles. The molecule has 4 fully saturated rings. The molecule has 3 heterocycles. The number of fused-ring (bicyclic) bond motifs is 2. The van der Waals surface area contributed by atoms with E-state index in [1.54, 1.807) is 11.9 Å². The molecular formula is C22H36N4O2. The Morgan fingerprint density at radius 2 is 2.00 bits per heavy atom. The first-order chi connectivity index (χ1) is 13.4. The van der Waals surface area contributed by atoms with E-state index in [0.717, 1.165) is 51.0 Å². The molecule has 0 aromatic rings. The fraction of sp³-hybridized carbons (Fsp3) is 0.864. The van der Waals surface area contributed by atoms with Gasteiger partial charge < -0.3 is 9.80 Å². The van der Waals surface area contributed by atoms with Crippen molar-refractivity contribution in [1.82, 2.24) is 14.7 Å². The number of hydrogen-bond acceptors (Lipinski definition) is 3. The standard InChI is InChI=1S/C22H36N4O2/c1-3-4-10-18(27)25-14-13-21(16-25)15-22(12-11-17-8-6-5-7-9-17)19(28)24(2)20(23)26(21)22/h17,23H,3-16H2,1-2H3/t21-,22+/m1/s1. The van der Waals surface area contributed by atoms with Crippen molar-refractivity contribution in [1.29, 1.82) is 5.41 Å². The number of guanidine groups is 1. The highest BCUT2D eigenvalue weighted by atomic mass is 16.2. The molecule has 6 nitrogen and oxygen atoms in total. The first-order valence-electron chi connectivity index (χ1n) is 11.4. The minimum atomic E-state index is -0.508. The molecule has 1 aliphatic carbocycles. The molecule has 4 rings (SSSR count). The molecule has 28 heavy (non-hydrogen) atoms. The van der Waals surface area contributed by atoms with Gasteiger partial charge in [0.15, 0.2) is 0 Å². The molecule has 3 aliphatic heterocycles. The van der Waals surface area contributed by atoms with E-state index in [2.05, 4.69) is 11.8 Å². The van der Waals surface area contributed by atoms with E-state index >= 15 is 0 Å². The van der Waals surface area contributed by atoms with Gasteiger partial charge in [-0.15, -0.1) is 0 Å². The van der Waals surface area contributed by atoms with Crippen LogP contribution in [0.5, 0.6) is 0 Å². The fourth-order valence-corrected chi connectivity index (χ4v) is 6.33. The van der Waals surface area contributed by atoms with E-state index in [0.29, 0.717) is 18.9 Å². The first-order valence-corrected chi connectivity index (χ1v) is 11.4. The topological polar surface area (TPSA) is 67.7 Å². The van der Waals surface area contributed by atoms with E-state index in [-0.39, 0.29) is 17.4 Å². The predicted octanol–water partition coefficient (Wildman–Crippen LogP) is 3.36. The SMILES string of the molecule is CCCCC(=O)N1CC[C@]2(C1)C[C@@]1(CCC3CCCCC3)C(=O)N(C)C(=N)N21. The van der Waals surface area contributed by atoms with Gasteiger partial charge in [0.25, 0.3) is 5.91 Å². The van der Waals surface area contributed by atoms with Gasteiger partial charge in [-0.2, -0.15) is 0 Å². The van der Waals surface area contributed by atoms with Crippen molar-refractivity contribution < 1.29 is 9.59 Å². The van der Waals surface area contributed by atoms with Crippen LogP contribution >= 0.6 is 0 Å². The summed E-state index contributed by atoms with van der Waals surface area (Å²) < 4.78 is 0. The van der Waals surface area contributed by atoms with Gasteiger partial charge in [-0.05, 0) is 31.6 Å². The summed E-state index contributed by atoms with van der Waals surface area (Å²) in [5.74, 6) is 1.44. The number of amides is 2. The first kappa shape index (κ1) is 19.7. The molecule has 0 bridgehead atoms. The second-order valence-corrected chi connectivity index (χ2v) is 9.67. The van der Waals surface area contributed by atoms with Gasteiger partial charge in [-0.1, -0.05) is 45.4 Å². The quantitative estimate of drug-likeness (QED) is 0.759. The van der Waals surface area contributed by atoms with Crippen molar-refractivity contribution in [2.75, 3.05) is 20.1 Å². The summed E-state index contributed by atoms with van der Waals surface area (Å²) in [6, 6.07) is 0. The Morgan fingerprint density at radius 3 is 2.71 bits per heavy atom. The zero-order valence-electron chi connectivity index (χ0n) is 17.6. The number of carbonyl (C=O) groups is 2. The van der Waals surface area contributed by atoms with Crippen LogP contribution in [-0.2, 0) is 9.59 Å². The highest BCUT2D eigenvalue weighted by Crippen LogP contribution is 2.56. The van der Waals surface area contributed by atoms with Gasteiger partial charge in [0.05, 0.1) is 5.54 Å². The molecule has 4 aliphatic rings. The fourth-order valence-electron chi connectivity index (χ4n) is 6.33. The normalized spacial score (nSPS) is 33.0. The van der Waals surface area contributed by atoms with Crippen molar-refractivity contribution in [3.63, 3.8) is 0 Å². The average molecular weight is 389 g/mol. The van der Waals surface area contributed by atoms with Crippen molar-refractivity contribution >= 4 is 17.8 Å². The Morgan fingerprint density at radius 1 is 1.25 bits per heavy atom. The second kappa shape index (κ2) is 7.34. The van der Waals surface area contributed by atoms with E-state index < -0.39 is 5.54 Å². The third-order valence-electron chi connectivity index (χ3n) is 7.88. The molecule has 1 N–H and O–H groups in total. The number of carbonyl (C=O) groups excluding carboxylic acids is 2. The lowest BCUT2D eigenvalue weighted by molar-refractivity contribution is -0.150. The number of likely N-dealkylation sites (tertiary alicyclic amines) is 1. The van der Waals surface area contributed by atoms with Gasteiger partial charge in [0.2, 0.25) is 11.9 Å². The minimum Gasteiger partial charge on any atom is -0.340 e. The largest absolute Gasteiger partial charge is 0.340 e. The van der Waals surface area contributed by atoms with Crippen LogP contribution in [0.25, 0.3) is 0 Å². The number of rotatable bonds is 6. The molecule has 156 valence electrons. The number of nitrogens with one attached hydrogen (secondary N) is 1. The van der Waals surface area contributed by atoms with Crippen LogP contribution in [0.4, 0.5) is 0 Å². The van der Waals surface area contributed by atoms with Crippen molar-refractivity contribution in [3.05, 3.63) is 0 Å². The van der Waals surface area contributed by atoms with E-state index in [1.165, 1.54) is 32.1 Å². The number of hydrogen-bond donors (Lipinski definition) is 1. The molecule has 0 aromatic heterocycles. The maximum absolute atomic E-state index is 13.1. The number of likely N-dealkylation sites (N-methyl/N-ethyl adjacent to an activating group) is 1. The van der Waals surface area contributed by atoms with E-state index in [1.807, 2.05) is 4.90 Å². The van der Waals surface area contributed by atoms with Gasteiger partial charge in [0, 0.05) is 33.0 Å². The Balaban J connectivity index is 1.47. The van der Waals surface area contributed by atoms with Crippen LogP contribution in [-0.4, -0.2) is 63.7 Å². The molecule has 1 spiro atoms. The summed E-state index contributed by atoms with van der Waals surface area (Å²) in [6.45, 7) is 3.56. The Hall–Kier alpha value is -1.59. The van der Waals surface area contributed by atoms with Crippen LogP contribution in [0.15, 0.2) is 0 Å². The van der Waals surface area contributed by atoms with Gasteiger partial charge in [0.1, 0.15) is 5.54 Å². The zero-order valence-corrected chi connectivity index (χ0v) is 17.6. The summed E-state index contributed by atoms with van der Waals surface area (Å²) in [4.78, 5) is 31.3. The monoisotopic (exact) mass is 388 g/mol. The second-order valence-electron chi connectivity index (χ2n) is 9.67. The Bertz CT molecular complexity index is 659. The smallest absolute Gasteiger partial charge is 0.255 e. The van der Waals surface area contributed by atoms with E-state index in [4.69, 9.17) is 5.41 Å². The van der Waals surface area contributed by atoms with Crippen LogP contribution < -0.4 is 0 Å². The molecule has 0 aromatic carbocycles.